The lowest BCUT2D eigenvalue weighted by Crippen LogP contribution is -2.35. The minimum absolute atomic E-state index is 0.0525. The Kier molecular flexibility index (Phi) is 2.92. The van der Waals surface area contributed by atoms with Crippen LogP contribution in [0.3, 0.4) is 0 Å². The van der Waals surface area contributed by atoms with Crippen LogP contribution in [0.15, 0.2) is 0 Å². The molecular weight excluding hydrogens is 158 g/mol. The lowest BCUT2D eigenvalue weighted by Gasteiger charge is -2.15. The summed E-state index contributed by atoms with van der Waals surface area (Å²) in [5.74, 6) is 0.469. The molecule has 0 aliphatic carbocycles. The van der Waals surface area contributed by atoms with Gasteiger partial charge in [-0.05, 0) is 12.3 Å². The highest BCUT2D eigenvalue weighted by atomic mass is 16.6. The number of nitrogens with one attached hydrogen (secondary N) is 1. The zero-order valence-electron chi connectivity index (χ0n) is 7.41. The molecule has 1 aliphatic rings. The first-order valence-corrected chi connectivity index (χ1v) is 4.21. The lowest BCUT2D eigenvalue weighted by atomic mass is 10.0. The first kappa shape index (κ1) is 9.32. The third-order valence-electron chi connectivity index (χ3n) is 1.91. The van der Waals surface area contributed by atoms with Crippen molar-refractivity contribution in [3.05, 3.63) is 0 Å². The molecule has 1 amide bonds. The summed E-state index contributed by atoms with van der Waals surface area (Å²) in [4.78, 5) is 10.8. The summed E-state index contributed by atoms with van der Waals surface area (Å²) in [6.45, 7) is 4.06. The van der Waals surface area contributed by atoms with E-state index in [1.807, 2.05) is 0 Å². The highest BCUT2D eigenvalue weighted by Gasteiger charge is 2.33. The molecule has 1 heterocycles. The van der Waals surface area contributed by atoms with E-state index in [4.69, 9.17) is 9.84 Å². The van der Waals surface area contributed by atoms with Crippen molar-refractivity contribution >= 4 is 6.09 Å². The predicted octanol–water partition coefficient (Wildman–Crippen LogP) is 0.502. The molecule has 0 aromatic carbocycles. The number of carbonyl (C=O) groups is 1. The van der Waals surface area contributed by atoms with Crippen molar-refractivity contribution in [3.63, 3.8) is 0 Å². The van der Waals surface area contributed by atoms with Gasteiger partial charge < -0.3 is 15.2 Å². The van der Waals surface area contributed by atoms with Gasteiger partial charge in [0.15, 0.2) is 0 Å². The fraction of sp³-hybridized carbons (Fsp3) is 0.875. The molecule has 2 atom stereocenters. The molecule has 0 aromatic heterocycles. The highest BCUT2D eigenvalue weighted by Crippen LogP contribution is 2.16. The Morgan fingerprint density at radius 2 is 2.33 bits per heavy atom. The number of cyclic esters (lactones) is 1. The minimum atomic E-state index is -0.417. The van der Waals surface area contributed by atoms with Crippen LogP contribution in [0.1, 0.15) is 20.3 Å². The number of alkyl carbamates (subject to hydrolysis) is 1. The molecule has 1 saturated heterocycles. The van der Waals surface area contributed by atoms with Crippen LogP contribution in [0.5, 0.6) is 0 Å². The minimum Gasteiger partial charge on any atom is -0.444 e. The quantitative estimate of drug-likeness (QED) is 0.653. The lowest BCUT2D eigenvalue weighted by molar-refractivity contribution is 0.104. The number of amides is 1. The zero-order valence-corrected chi connectivity index (χ0v) is 7.41. The average molecular weight is 173 g/mol. The molecule has 0 radical (unpaired) electrons. The summed E-state index contributed by atoms with van der Waals surface area (Å²) in [6.07, 6.45) is 0.214. The Morgan fingerprint density at radius 1 is 1.67 bits per heavy atom. The molecule has 12 heavy (non-hydrogen) atoms. The van der Waals surface area contributed by atoms with Crippen molar-refractivity contribution in [1.29, 1.82) is 0 Å². The van der Waals surface area contributed by atoms with Crippen molar-refractivity contribution in [2.24, 2.45) is 5.92 Å². The van der Waals surface area contributed by atoms with Gasteiger partial charge in [-0.25, -0.2) is 4.79 Å². The second-order valence-electron chi connectivity index (χ2n) is 3.51. The number of rotatable bonds is 3. The molecule has 4 heteroatoms. The van der Waals surface area contributed by atoms with E-state index < -0.39 is 6.09 Å². The van der Waals surface area contributed by atoms with Gasteiger partial charge in [-0.3, -0.25) is 0 Å². The van der Waals surface area contributed by atoms with Gasteiger partial charge in [-0.1, -0.05) is 13.8 Å². The van der Waals surface area contributed by atoms with E-state index in [0.717, 1.165) is 6.42 Å². The smallest absolute Gasteiger partial charge is 0.407 e. The SMILES string of the molecule is CC(C)CC1OC(=O)NC1CO. The van der Waals surface area contributed by atoms with Crippen LogP contribution >= 0.6 is 0 Å². The van der Waals surface area contributed by atoms with Crippen molar-refractivity contribution in [3.8, 4) is 0 Å². The number of hydrogen-bond acceptors (Lipinski definition) is 3. The van der Waals surface area contributed by atoms with Crippen LogP contribution in [0.4, 0.5) is 4.79 Å². The molecule has 2 unspecified atom stereocenters. The Hall–Kier alpha value is -0.770. The summed E-state index contributed by atoms with van der Waals surface area (Å²) in [7, 11) is 0. The molecule has 1 aliphatic heterocycles. The van der Waals surface area contributed by atoms with Crippen LogP contribution in [-0.2, 0) is 4.74 Å². The Balaban J connectivity index is 2.46. The Morgan fingerprint density at radius 3 is 2.83 bits per heavy atom. The van der Waals surface area contributed by atoms with Gasteiger partial charge in [0.2, 0.25) is 0 Å². The summed E-state index contributed by atoms with van der Waals surface area (Å²) in [6, 6.07) is -0.222. The summed E-state index contributed by atoms with van der Waals surface area (Å²) in [5, 5.41) is 11.4. The maximum Gasteiger partial charge on any atom is 0.407 e. The predicted molar refractivity (Wildman–Crippen MR) is 43.7 cm³/mol. The van der Waals surface area contributed by atoms with Gasteiger partial charge in [0.25, 0.3) is 0 Å². The highest BCUT2D eigenvalue weighted by molar-refractivity contribution is 5.70. The van der Waals surface area contributed by atoms with Crippen LogP contribution in [0.25, 0.3) is 0 Å². The fourth-order valence-corrected chi connectivity index (χ4v) is 1.34. The van der Waals surface area contributed by atoms with E-state index in [1.54, 1.807) is 0 Å². The molecule has 2 N–H and O–H groups in total. The largest absolute Gasteiger partial charge is 0.444 e. The first-order valence-electron chi connectivity index (χ1n) is 4.21. The summed E-state index contributed by atoms with van der Waals surface area (Å²) >= 11 is 0. The molecule has 4 nitrogen and oxygen atoms in total. The van der Waals surface area contributed by atoms with Crippen molar-refractivity contribution < 1.29 is 14.6 Å². The standard InChI is InChI=1S/C8H15NO3/c1-5(2)3-7-6(4-10)9-8(11)12-7/h5-7,10H,3-4H2,1-2H3,(H,9,11). The van der Waals surface area contributed by atoms with Gasteiger partial charge >= 0.3 is 6.09 Å². The maximum absolute atomic E-state index is 10.8. The molecule has 0 aromatic rings. The van der Waals surface area contributed by atoms with Gasteiger partial charge in [-0.2, -0.15) is 0 Å². The Labute approximate surface area is 71.9 Å². The molecule has 0 saturated carbocycles. The third-order valence-corrected chi connectivity index (χ3v) is 1.91. The number of aliphatic hydroxyl groups excluding tert-OH is 1. The van der Waals surface area contributed by atoms with E-state index in [0.29, 0.717) is 5.92 Å². The van der Waals surface area contributed by atoms with Crippen molar-refractivity contribution in [1.82, 2.24) is 5.32 Å². The van der Waals surface area contributed by atoms with E-state index >= 15 is 0 Å². The molecule has 1 fully saturated rings. The summed E-state index contributed by atoms with van der Waals surface area (Å²) in [5.41, 5.74) is 0. The van der Waals surface area contributed by atoms with E-state index in [-0.39, 0.29) is 18.8 Å². The normalized spacial score (nSPS) is 28.8. The second kappa shape index (κ2) is 3.76. The first-order chi connectivity index (χ1) is 5.63. The van der Waals surface area contributed by atoms with Gasteiger partial charge in [0, 0.05) is 0 Å². The van der Waals surface area contributed by atoms with Crippen molar-refractivity contribution in [2.75, 3.05) is 6.61 Å². The van der Waals surface area contributed by atoms with Crippen LogP contribution in [-0.4, -0.2) is 30.0 Å². The molecule has 0 spiro atoms. The topological polar surface area (TPSA) is 58.6 Å². The van der Waals surface area contributed by atoms with E-state index in [2.05, 4.69) is 19.2 Å². The molecule has 0 bridgehead atoms. The number of aliphatic hydroxyl groups is 1. The van der Waals surface area contributed by atoms with E-state index in [1.165, 1.54) is 0 Å². The monoisotopic (exact) mass is 173 g/mol. The van der Waals surface area contributed by atoms with Gasteiger partial charge in [-0.15, -0.1) is 0 Å². The zero-order chi connectivity index (χ0) is 9.14. The average Bonchev–Trinajstić information content (AvgIpc) is 2.29. The van der Waals surface area contributed by atoms with Crippen LogP contribution in [0.2, 0.25) is 0 Å². The fourth-order valence-electron chi connectivity index (χ4n) is 1.34. The summed E-state index contributed by atoms with van der Waals surface area (Å²) < 4.78 is 4.97. The van der Waals surface area contributed by atoms with E-state index in [9.17, 15) is 4.79 Å². The van der Waals surface area contributed by atoms with Crippen LogP contribution in [0, 0.1) is 5.92 Å². The Bertz CT molecular complexity index is 170. The van der Waals surface area contributed by atoms with Gasteiger partial charge in [0.05, 0.1) is 12.6 Å². The number of hydrogen-bond donors (Lipinski definition) is 2. The number of carbonyl (C=O) groups excluding carboxylic acids is 1. The van der Waals surface area contributed by atoms with Gasteiger partial charge in [0.1, 0.15) is 6.10 Å². The van der Waals surface area contributed by atoms with Crippen molar-refractivity contribution in [2.45, 2.75) is 32.4 Å². The molecular formula is C8H15NO3. The second-order valence-corrected chi connectivity index (χ2v) is 3.51. The number of ether oxygens (including phenoxy) is 1. The molecule has 70 valence electrons. The maximum atomic E-state index is 10.8. The van der Waals surface area contributed by atoms with Crippen LogP contribution < -0.4 is 5.32 Å². The third kappa shape index (κ3) is 2.11. The molecule has 1 rings (SSSR count).